The van der Waals surface area contributed by atoms with Crippen LogP contribution in [-0.2, 0) is 27.7 Å². The van der Waals surface area contributed by atoms with E-state index >= 15 is 0 Å². The molecule has 0 radical (unpaired) electrons. The van der Waals surface area contributed by atoms with Gasteiger partial charge in [0.15, 0.2) is 0 Å². The standard InChI is InChI=1S/C5H12O6P2/c1-8-5(9-2,12-6)13(7,10-3)11-4/h1-4H3. The fourth-order valence-corrected chi connectivity index (χ4v) is 2.83. The van der Waals surface area contributed by atoms with Crippen LogP contribution in [0.15, 0.2) is 0 Å². The van der Waals surface area contributed by atoms with Crippen LogP contribution < -0.4 is 0 Å². The van der Waals surface area contributed by atoms with Crippen LogP contribution in [-0.4, -0.2) is 33.7 Å². The second-order valence-corrected chi connectivity index (χ2v) is 5.35. The molecule has 6 nitrogen and oxygen atoms in total. The van der Waals surface area contributed by atoms with Gasteiger partial charge in [-0.05, 0) is 0 Å². The van der Waals surface area contributed by atoms with E-state index in [9.17, 15) is 9.13 Å². The van der Waals surface area contributed by atoms with Crippen LogP contribution in [0.1, 0.15) is 0 Å². The Bertz CT molecular complexity index is 205. The molecule has 0 rings (SSSR count). The van der Waals surface area contributed by atoms with Crippen LogP contribution >= 0.6 is 16.1 Å². The highest BCUT2D eigenvalue weighted by Gasteiger charge is 2.53. The van der Waals surface area contributed by atoms with Crippen molar-refractivity contribution in [2.45, 2.75) is 5.27 Å². The Morgan fingerprint density at radius 3 is 1.54 bits per heavy atom. The molecule has 0 N–H and O–H groups in total. The third-order valence-corrected chi connectivity index (χ3v) is 5.07. The first-order chi connectivity index (χ1) is 6.05. The lowest BCUT2D eigenvalue weighted by Crippen LogP contribution is -2.28. The van der Waals surface area contributed by atoms with Crippen LogP contribution in [0.5, 0.6) is 0 Å². The summed E-state index contributed by atoms with van der Waals surface area (Å²) in [6, 6.07) is 0. The zero-order valence-corrected chi connectivity index (χ0v) is 9.63. The molecule has 0 aliphatic heterocycles. The highest BCUT2D eigenvalue weighted by Crippen LogP contribution is 2.64. The van der Waals surface area contributed by atoms with Crippen LogP contribution in [0.3, 0.4) is 0 Å². The third kappa shape index (κ3) is 2.15. The molecule has 0 saturated carbocycles. The first kappa shape index (κ1) is 13.2. The molecular formula is C5H12O6P2. The van der Waals surface area contributed by atoms with Crippen molar-refractivity contribution >= 4 is 16.1 Å². The molecule has 0 fully saturated rings. The Morgan fingerprint density at radius 1 is 1.08 bits per heavy atom. The van der Waals surface area contributed by atoms with Gasteiger partial charge < -0.3 is 18.5 Å². The zero-order valence-electron chi connectivity index (χ0n) is 7.84. The summed E-state index contributed by atoms with van der Waals surface area (Å²) in [6.45, 7) is 0. The first-order valence-corrected chi connectivity index (χ1v) is 5.57. The van der Waals surface area contributed by atoms with E-state index in [1.165, 1.54) is 14.2 Å². The quantitative estimate of drug-likeness (QED) is 0.510. The van der Waals surface area contributed by atoms with Gasteiger partial charge in [-0.1, -0.05) is 0 Å². The zero-order chi connectivity index (χ0) is 10.5. The molecule has 78 valence electrons. The predicted molar refractivity (Wildman–Crippen MR) is 46.0 cm³/mol. The molecular weight excluding hydrogens is 218 g/mol. The van der Waals surface area contributed by atoms with Gasteiger partial charge in [-0.2, -0.15) is 0 Å². The Labute approximate surface area is 78.2 Å². The van der Waals surface area contributed by atoms with Crippen molar-refractivity contribution in [3.05, 3.63) is 0 Å². The largest absolute Gasteiger partial charge is 0.402 e. The topological polar surface area (TPSA) is 71.1 Å². The Balaban J connectivity index is 5.12. The van der Waals surface area contributed by atoms with Gasteiger partial charge in [-0.25, -0.2) is 0 Å². The van der Waals surface area contributed by atoms with Crippen LogP contribution in [0, 0.1) is 0 Å². The number of methoxy groups -OCH3 is 2. The summed E-state index contributed by atoms with van der Waals surface area (Å²) >= 11 is 0. The van der Waals surface area contributed by atoms with E-state index in [1.807, 2.05) is 0 Å². The Kier molecular flexibility index (Phi) is 5.22. The minimum Gasteiger partial charge on any atom is -0.334 e. The second kappa shape index (κ2) is 5.15. The molecule has 0 bridgehead atoms. The van der Waals surface area contributed by atoms with E-state index in [0.29, 0.717) is 0 Å². The molecule has 0 atom stereocenters. The number of rotatable bonds is 6. The van der Waals surface area contributed by atoms with E-state index < -0.39 is 21.3 Å². The number of hydrogen-bond donors (Lipinski definition) is 0. The molecule has 0 aliphatic rings. The molecule has 0 aromatic heterocycles. The van der Waals surface area contributed by atoms with E-state index in [0.717, 1.165) is 14.2 Å². The fourth-order valence-electron chi connectivity index (χ4n) is 0.737. The van der Waals surface area contributed by atoms with Gasteiger partial charge in [0.2, 0.25) is 8.46 Å². The summed E-state index contributed by atoms with van der Waals surface area (Å²) in [6.07, 6.45) is 0. The summed E-state index contributed by atoms with van der Waals surface area (Å²) < 4.78 is 41.2. The summed E-state index contributed by atoms with van der Waals surface area (Å²) in [5.74, 6) is 0. The summed E-state index contributed by atoms with van der Waals surface area (Å²) in [5.41, 5.74) is 0. The van der Waals surface area contributed by atoms with Gasteiger partial charge in [0, 0.05) is 28.4 Å². The van der Waals surface area contributed by atoms with Crippen LogP contribution in [0.25, 0.3) is 0 Å². The Hall–Kier alpha value is 0.170. The van der Waals surface area contributed by atoms with Gasteiger partial charge in [-0.3, -0.25) is 9.13 Å². The van der Waals surface area contributed by atoms with Crippen molar-refractivity contribution in [3.63, 3.8) is 0 Å². The van der Waals surface area contributed by atoms with E-state index in [-0.39, 0.29) is 0 Å². The molecule has 0 aliphatic carbocycles. The normalized spacial score (nSPS) is 13.5. The van der Waals surface area contributed by atoms with Gasteiger partial charge in [-0.15, -0.1) is 0 Å². The van der Waals surface area contributed by atoms with Crippen molar-refractivity contribution < 1.29 is 27.7 Å². The SMILES string of the molecule is COC(OC)(P=O)P(=O)(OC)OC. The molecule has 13 heavy (non-hydrogen) atoms. The van der Waals surface area contributed by atoms with E-state index in [2.05, 4.69) is 9.05 Å². The lowest BCUT2D eigenvalue weighted by atomic mass is 11.3. The average Bonchev–Trinajstić information content (AvgIpc) is 2.20. The summed E-state index contributed by atoms with van der Waals surface area (Å²) in [5, 5.41) is -1.89. The highest BCUT2D eigenvalue weighted by atomic mass is 31.2. The maximum absolute atomic E-state index is 11.8. The van der Waals surface area contributed by atoms with Gasteiger partial charge in [0.05, 0.1) is 0 Å². The van der Waals surface area contributed by atoms with Crippen LogP contribution in [0.2, 0.25) is 0 Å². The summed E-state index contributed by atoms with van der Waals surface area (Å²) in [7, 11) is 0.377. The highest BCUT2D eigenvalue weighted by molar-refractivity contribution is 7.64. The molecule has 0 amide bonds. The summed E-state index contributed by atoms with van der Waals surface area (Å²) in [4.78, 5) is 0. The van der Waals surface area contributed by atoms with Gasteiger partial charge in [0.1, 0.15) is 0 Å². The molecule has 0 aromatic carbocycles. The van der Waals surface area contributed by atoms with Crippen molar-refractivity contribution in [3.8, 4) is 0 Å². The average molecular weight is 230 g/mol. The maximum Gasteiger partial charge on any atom is 0.402 e. The molecule has 0 aromatic rings. The Morgan fingerprint density at radius 2 is 1.46 bits per heavy atom. The maximum atomic E-state index is 11.8. The van der Waals surface area contributed by atoms with Crippen molar-refractivity contribution in [1.29, 1.82) is 0 Å². The van der Waals surface area contributed by atoms with Gasteiger partial charge >= 0.3 is 12.9 Å². The number of ether oxygens (including phenoxy) is 2. The monoisotopic (exact) mass is 230 g/mol. The first-order valence-electron chi connectivity index (χ1n) is 3.22. The fraction of sp³-hybridized carbons (Fsp3) is 1.00. The smallest absolute Gasteiger partial charge is 0.334 e. The van der Waals surface area contributed by atoms with Crippen molar-refractivity contribution in [2.24, 2.45) is 0 Å². The predicted octanol–water partition coefficient (Wildman–Crippen LogP) is 1.67. The molecule has 0 saturated heterocycles. The minimum absolute atomic E-state index is 0.629. The van der Waals surface area contributed by atoms with Crippen LogP contribution in [0.4, 0.5) is 0 Å². The molecule has 8 heteroatoms. The second-order valence-electron chi connectivity index (χ2n) is 1.91. The molecule has 0 unspecified atom stereocenters. The van der Waals surface area contributed by atoms with Crippen molar-refractivity contribution in [1.82, 2.24) is 0 Å². The van der Waals surface area contributed by atoms with E-state index in [1.54, 1.807) is 0 Å². The minimum atomic E-state index is -3.69. The molecule has 0 spiro atoms. The lowest BCUT2D eigenvalue weighted by Gasteiger charge is -2.28. The van der Waals surface area contributed by atoms with Gasteiger partial charge in [0.25, 0.3) is 0 Å². The van der Waals surface area contributed by atoms with E-state index in [4.69, 9.17) is 9.47 Å². The third-order valence-electron chi connectivity index (χ3n) is 1.47. The lowest BCUT2D eigenvalue weighted by molar-refractivity contribution is -0.0934. The van der Waals surface area contributed by atoms with Crippen molar-refractivity contribution in [2.75, 3.05) is 28.4 Å². The number of hydrogen-bond acceptors (Lipinski definition) is 6. The molecule has 0 heterocycles.